The Hall–Kier alpha value is -0.340. The Balaban J connectivity index is 2.19. The quantitative estimate of drug-likeness (QED) is 0.706. The van der Waals surface area contributed by atoms with E-state index in [0.717, 1.165) is 31.2 Å². The molecular weight excluding hydrogens is 168 g/mol. The van der Waals surface area contributed by atoms with E-state index in [-0.39, 0.29) is 0 Å². The van der Waals surface area contributed by atoms with Crippen molar-refractivity contribution < 1.29 is 5.11 Å². The van der Waals surface area contributed by atoms with E-state index in [1.807, 2.05) is 11.4 Å². The molecule has 0 aromatic carbocycles. The van der Waals surface area contributed by atoms with E-state index in [1.54, 1.807) is 11.3 Å². The molecule has 1 atom stereocenters. The van der Waals surface area contributed by atoms with E-state index in [2.05, 4.69) is 11.8 Å². The van der Waals surface area contributed by atoms with E-state index < -0.39 is 5.60 Å². The summed E-state index contributed by atoms with van der Waals surface area (Å²) in [7, 11) is 0. The molecule has 1 nitrogen and oxygen atoms in total. The Morgan fingerprint density at radius 3 is 3.00 bits per heavy atom. The van der Waals surface area contributed by atoms with Crippen molar-refractivity contribution in [2.75, 3.05) is 0 Å². The third-order valence-electron chi connectivity index (χ3n) is 2.54. The molecule has 0 aliphatic heterocycles. The van der Waals surface area contributed by atoms with Crippen molar-refractivity contribution >= 4 is 11.3 Å². The first-order valence-corrected chi connectivity index (χ1v) is 5.32. The first-order valence-electron chi connectivity index (χ1n) is 4.38. The molecule has 1 aromatic rings. The highest BCUT2D eigenvalue weighted by molar-refractivity contribution is 7.08. The van der Waals surface area contributed by atoms with Gasteiger partial charge in [-0.05, 0) is 54.5 Å². The molecule has 1 aliphatic rings. The summed E-state index contributed by atoms with van der Waals surface area (Å²) in [4.78, 5) is 0. The highest BCUT2D eigenvalue weighted by Crippen LogP contribution is 2.37. The van der Waals surface area contributed by atoms with Gasteiger partial charge in [0.1, 0.15) is 0 Å². The molecule has 2 heteroatoms. The van der Waals surface area contributed by atoms with E-state index in [1.165, 1.54) is 0 Å². The molecule has 2 rings (SSSR count). The number of hydrogen-bond donors (Lipinski definition) is 1. The van der Waals surface area contributed by atoms with Crippen molar-refractivity contribution in [2.24, 2.45) is 0 Å². The van der Waals surface area contributed by atoms with Gasteiger partial charge in [0.05, 0.1) is 5.60 Å². The second-order valence-corrected chi connectivity index (χ2v) is 4.21. The zero-order chi connectivity index (χ0) is 8.44. The van der Waals surface area contributed by atoms with Gasteiger partial charge in [0.2, 0.25) is 0 Å². The van der Waals surface area contributed by atoms with Crippen molar-refractivity contribution in [2.45, 2.75) is 31.3 Å². The van der Waals surface area contributed by atoms with Gasteiger partial charge in [-0.1, -0.05) is 0 Å². The maximum absolute atomic E-state index is 10.2. The molecule has 1 unspecified atom stereocenters. The minimum Gasteiger partial charge on any atom is -0.385 e. The van der Waals surface area contributed by atoms with Crippen LogP contribution >= 0.6 is 11.3 Å². The lowest BCUT2D eigenvalue weighted by Gasteiger charge is -2.31. The minimum absolute atomic E-state index is 0.543. The van der Waals surface area contributed by atoms with E-state index in [4.69, 9.17) is 0 Å². The van der Waals surface area contributed by atoms with Gasteiger partial charge in [-0.25, -0.2) is 0 Å². The van der Waals surface area contributed by atoms with Crippen molar-refractivity contribution in [3.63, 3.8) is 0 Å². The van der Waals surface area contributed by atoms with Gasteiger partial charge in [0.25, 0.3) is 0 Å². The van der Waals surface area contributed by atoms with Crippen LogP contribution in [0.15, 0.2) is 16.8 Å². The Bertz CT molecular complexity index is 234. The van der Waals surface area contributed by atoms with Gasteiger partial charge in [-0.15, -0.1) is 0 Å². The molecule has 1 fully saturated rings. The molecule has 0 bridgehead atoms. The lowest BCUT2D eigenvalue weighted by atomic mass is 9.81. The fourth-order valence-corrected chi connectivity index (χ4v) is 2.52. The average molecular weight is 181 g/mol. The minimum atomic E-state index is -0.543. The predicted octanol–water partition coefficient (Wildman–Crippen LogP) is 2.71. The van der Waals surface area contributed by atoms with Crippen LogP contribution in [0.25, 0.3) is 0 Å². The van der Waals surface area contributed by atoms with Crippen molar-refractivity contribution in [1.82, 2.24) is 0 Å². The molecule has 0 spiro atoms. The molecule has 1 N–H and O–H groups in total. The molecule has 1 saturated carbocycles. The summed E-state index contributed by atoms with van der Waals surface area (Å²) >= 11 is 1.66. The molecule has 1 heterocycles. The third kappa shape index (κ3) is 1.41. The smallest absolute Gasteiger partial charge is 0.0907 e. The molecular formula is C10H13OS. The molecule has 65 valence electrons. The van der Waals surface area contributed by atoms with Crippen LogP contribution in [0.5, 0.6) is 0 Å². The highest BCUT2D eigenvalue weighted by Gasteiger charge is 2.31. The fourth-order valence-electron chi connectivity index (χ4n) is 1.77. The van der Waals surface area contributed by atoms with Crippen LogP contribution in [0.4, 0.5) is 0 Å². The summed E-state index contributed by atoms with van der Waals surface area (Å²) in [6, 6.07) is 2.03. The lowest BCUT2D eigenvalue weighted by Crippen LogP contribution is -2.27. The van der Waals surface area contributed by atoms with Crippen LogP contribution in [0, 0.1) is 6.42 Å². The van der Waals surface area contributed by atoms with Gasteiger partial charge in [-0.3, -0.25) is 0 Å². The number of thiophene rings is 1. The molecule has 0 amide bonds. The average Bonchev–Trinajstić information content (AvgIpc) is 2.58. The van der Waals surface area contributed by atoms with Gasteiger partial charge in [-0.2, -0.15) is 11.3 Å². The Labute approximate surface area is 77.0 Å². The van der Waals surface area contributed by atoms with E-state index in [9.17, 15) is 5.11 Å². The molecule has 1 aliphatic carbocycles. The second kappa shape index (κ2) is 3.19. The van der Waals surface area contributed by atoms with E-state index >= 15 is 0 Å². The topological polar surface area (TPSA) is 20.2 Å². The van der Waals surface area contributed by atoms with Crippen LogP contribution in [0.3, 0.4) is 0 Å². The van der Waals surface area contributed by atoms with Crippen LogP contribution in [-0.2, 0) is 5.60 Å². The summed E-state index contributed by atoms with van der Waals surface area (Å²) in [5, 5.41) is 14.3. The van der Waals surface area contributed by atoms with Crippen LogP contribution in [0.2, 0.25) is 0 Å². The second-order valence-electron chi connectivity index (χ2n) is 3.43. The first-order chi connectivity index (χ1) is 5.81. The van der Waals surface area contributed by atoms with Crippen LogP contribution in [-0.4, -0.2) is 5.11 Å². The Morgan fingerprint density at radius 2 is 2.42 bits per heavy atom. The molecule has 1 radical (unpaired) electrons. The highest BCUT2D eigenvalue weighted by atomic mass is 32.1. The van der Waals surface area contributed by atoms with Crippen molar-refractivity contribution in [3.05, 3.63) is 28.8 Å². The zero-order valence-corrected chi connectivity index (χ0v) is 7.81. The summed E-state index contributed by atoms with van der Waals surface area (Å²) < 4.78 is 0. The maximum atomic E-state index is 10.2. The Kier molecular flexibility index (Phi) is 2.20. The van der Waals surface area contributed by atoms with Gasteiger partial charge >= 0.3 is 0 Å². The summed E-state index contributed by atoms with van der Waals surface area (Å²) in [6.07, 6.45) is 6.21. The third-order valence-corrected chi connectivity index (χ3v) is 3.22. The first kappa shape index (κ1) is 8.27. The number of aliphatic hydroxyl groups is 1. The Morgan fingerprint density at radius 1 is 1.50 bits per heavy atom. The number of hydrogen-bond acceptors (Lipinski definition) is 2. The normalized spacial score (nSPS) is 22.4. The van der Waals surface area contributed by atoms with Crippen molar-refractivity contribution in [1.29, 1.82) is 0 Å². The zero-order valence-electron chi connectivity index (χ0n) is 6.99. The molecule has 1 aromatic heterocycles. The lowest BCUT2D eigenvalue weighted by molar-refractivity contribution is 0.0142. The standard InChI is InChI=1S/C10H13OS/c11-10(5-2-1-3-6-10)9-4-7-12-8-9/h2,4,7-8,11H,1,3,5-6H2. The van der Waals surface area contributed by atoms with Crippen LogP contribution in [0.1, 0.15) is 31.2 Å². The fraction of sp³-hybridized carbons (Fsp3) is 0.500. The van der Waals surface area contributed by atoms with E-state index in [0.29, 0.717) is 0 Å². The monoisotopic (exact) mass is 181 g/mol. The van der Waals surface area contributed by atoms with Crippen LogP contribution < -0.4 is 0 Å². The van der Waals surface area contributed by atoms with Gasteiger partial charge in [0, 0.05) is 0 Å². The summed E-state index contributed by atoms with van der Waals surface area (Å²) in [5.41, 5.74) is 0.557. The SMILES string of the molecule is OC1(c2ccsc2)C[CH]CCC1. The predicted molar refractivity (Wildman–Crippen MR) is 51.0 cm³/mol. The van der Waals surface area contributed by atoms with Gasteiger partial charge < -0.3 is 5.11 Å². The van der Waals surface area contributed by atoms with Crippen molar-refractivity contribution in [3.8, 4) is 0 Å². The molecule has 12 heavy (non-hydrogen) atoms. The van der Waals surface area contributed by atoms with Gasteiger partial charge in [0.15, 0.2) is 0 Å². The molecule has 0 saturated heterocycles. The number of rotatable bonds is 1. The largest absolute Gasteiger partial charge is 0.385 e. The maximum Gasteiger partial charge on any atom is 0.0907 e. The summed E-state index contributed by atoms with van der Waals surface area (Å²) in [6.45, 7) is 0. The summed E-state index contributed by atoms with van der Waals surface area (Å²) in [5.74, 6) is 0.